The summed E-state index contributed by atoms with van der Waals surface area (Å²) in [5, 5.41) is 13.2. The molecule has 3 saturated heterocycles. The summed E-state index contributed by atoms with van der Waals surface area (Å²) < 4.78 is 5.54. The molecular weight excluding hydrogens is 638 g/mol. The van der Waals surface area contributed by atoms with Crippen LogP contribution in [-0.2, 0) is 20.9 Å². The number of hydrogen-bond acceptors (Lipinski definition) is 10. The van der Waals surface area contributed by atoms with E-state index in [1.165, 1.54) is 4.90 Å². The van der Waals surface area contributed by atoms with Gasteiger partial charge in [-0.05, 0) is 77.1 Å². The zero-order valence-corrected chi connectivity index (χ0v) is 29.3. The van der Waals surface area contributed by atoms with Gasteiger partial charge in [-0.25, -0.2) is 4.79 Å². The number of piperidine rings is 1. The van der Waals surface area contributed by atoms with Crippen LogP contribution in [0.1, 0.15) is 60.3 Å². The fourth-order valence-electron chi connectivity index (χ4n) is 7.56. The van der Waals surface area contributed by atoms with Crippen LogP contribution in [0.4, 0.5) is 10.5 Å². The molecule has 13 heteroatoms. The lowest BCUT2D eigenvalue weighted by atomic mass is 10.0. The van der Waals surface area contributed by atoms with E-state index in [-0.39, 0.29) is 30.7 Å². The van der Waals surface area contributed by atoms with Crippen LogP contribution in [0.5, 0.6) is 0 Å². The summed E-state index contributed by atoms with van der Waals surface area (Å²) in [4.78, 5) is 62.6. The minimum absolute atomic E-state index is 0.143. The molecule has 270 valence electrons. The minimum atomic E-state index is -1.20. The molecule has 13 nitrogen and oxygen atoms in total. The van der Waals surface area contributed by atoms with Crippen molar-refractivity contribution in [3.8, 4) is 0 Å². The molecule has 4 heterocycles. The summed E-state index contributed by atoms with van der Waals surface area (Å²) in [6.07, 6.45) is 1.10. The van der Waals surface area contributed by atoms with E-state index in [1.54, 1.807) is 6.07 Å². The predicted octanol–water partition coefficient (Wildman–Crippen LogP) is 2.12. The number of rotatable bonds is 12. The molecule has 2 unspecified atom stereocenters. The van der Waals surface area contributed by atoms with E-state index in [0.29, 0.717) is 36.9 Å². The molecule has 0 radical (unpaired) electrons. The van der Waals surface area contributed by atoms with Gasteiger partial charge in [-0.2, -0.15) is 0 Å². The van der Waals surface area contributed by atoms with Crippen LogP contribution in [0.15, 0.2) is 48.5 Å². The van der Waals surface area contributed by atoms with Crippen LogP contribution < -0.4 is 10.2 Å². The van der Waals surface area contributed by atoms with Crippen molar-refractivity contribution in [2.75, 3.05) is 83.9 Å². The number of benzene rings is 2. The number of amides is 4. The normalized spacial score (nSPS) is 23.4. The molecule has 4 amide bonds. The second kappa shape index (κ2) is 16.3. The molecule has 0 bridgehead atoms. The Morgan fingerprint density at radius 1 is 0.960 bits per heavy atom. The molecule has 2 aromatic rings. The standard InChI is InChI=1S/C37H51N7O6/c1-27-25-43(37(49)50-26-28-8-4-3-5-9-28)23-22-41(27)17-7-15-39(2)14-6-16-40-18-20-42(21-19-40)29-10-11-30-31(24-29)36(48)44(35(30)47)32-12-13-33(45)38-34(32)46/h3-5,8-11,24,27,32,35,47H,6-7,12-23,25-26H2,1-2H3,(H,38,45,46)/t27-,32?,35?/m0/s1. The molecule has 0 aromatic heterocycles. The average Bonchev–Trinajstić information content (AvgIpc) is 3.36. The van der Waals surface area contributed by atoms with Crippen LogP contribution in [0.3, 0.4) is 0 Å². The Hall–Kier alpha value is -4.04. The van der Waals surface area contributed by atoms with Crippen LogP contribution in [-0.4, -0.2) is 145 Å². The van der Waals surface area contributed by atoms with Crippen molar-refractivity contribution in [3.05, 3.63) is 65.2 Å². The number of carbonyl (C=O) groups is 4. The van der Waals surface area contributed by atoms with Crippen molar-refractivity contribution in [3.63, 3.8) is 0 Å². The minimum Gasteiger partial charge on any atom is -0.445 e. The van der Waals surface area contributed by atoms with Crippen molar-refractivity contribution in [2.24, 2.45) is 0 Å². The van der Waals surface area contributed by atoms with Gasteiger partial charge in [0.2, 0.25) is 11.8 Å². The molecule has 4 aliphatic rings. The van der Waals surface area contributed by atoms with Crippen molar-refractivity contribution in [2.45, 2.75) is 57.5 Å². The van der Waals surface area contributed by atoms with E-state index in [9.17, 15) is 24.3 Å². The van der Waals surface area contributed by atoms with Gasteiger partial charge in [0.25, 0.3) is 5.91 Å². The molecule has 6 rings (SSSR count). The maximum atomic E-state index is 13.3. The first kappa shape index (κ1) is 35.8. The molecule has 3 fully saturated rings. The highest BCUT2D eigenvalue weighted by molar-refractivity contribution is 6.06. The predicted molar refractivity (Wildman–Crippen MR) is 188 cm³/mol. The van der Waals surface area contributed by atoms with Gasteiger partial charge in [0.1, 0.15) is 12.6 Å². The number of carbonyl (C=O) groups excluding carboxylic acids is 4. The number of nitrogens with one attached hydrogen (secondary N) is 1. The Morgan fingerprint density at radius 3 is 2.42 bits per heavy atom. The Bertz CT molecular complexity index is 1520. The summed E-state index contributed by atoms with van der Waals surface area (Å²) in [7, 11) is 2.19. The quantitative estimate of drug-likeness (QED) is 0.320. The van der Waals surface area contributed by atoms with Crippen LogP contribution in [0.25, 0.3) is 0 Å². The summed E-state index contributed by atoms with van der Waals surface area (Å²) in [6, 6.07) is 14.8. The van der Waals surface area contributed by atoms with Gasteiger partial charge in [-0.15, -0.1) is 0 Å². The summed E-state index contributed by atoms with van der Waals surface area (Å²) in [5.74, 6) is -1.27. The summed E-state index contributed by atoms with van der Waals surface area (Å²) in [6.45, 7) is 12.4. The maximum Gasteiger partial charge on any atom is 0.410 e. The monoisotopic (exact) mass is 689 g/mol. The average molecular weight is 690 g/mol. The number of imide groups is 1. The smallest absolute Gasteiger partial charge is 0.410 e. The molecule has 2 N–H and O–H groups in total. The molecule has 0 spiro atoms. The fraction of sp³-hybridized carbons (Fsp3) is 0.568. The van der Waals surface area contributed by atoms with Gasteiger partial charge in [-0.3, -0.25) is 34.4 Å². The Kier molecular flexibility index (Phi) is 11.7. The number of piperazine rings is 2. The maximum absolute atomic E-state index is 13.3. The van der Waals surface area contributed by atoms with E-state index in [4.69, 9.17) is 4.74 Å². The van der Waals surface area contributed by atoms with E-state index in [0.717, 1.165) is 83.0 Å². The topological polar surface area (TPSA) is 129 Å². The third-order valence-corrected chi connectivity index (χ3v) is 10.6. The molecule has 4 aliphatic heterocycles. The molecule has 2 aromatic carbocycles. The lowest BCUT2D eigenvalue weighted by Crippen LogP contribution is -2.54. The van der Waals surface area contributed by atoms with Crippen LogP contribution in [0.2, 0.25) is 0 Å². The molecule has 50 heavy (non-hydrogen) atoms. The lowest BCUT2D eigenvalue weighted by Gasteiger charge is -2.39. The van der Waals surface area contributed by atoms with Crippen molar-refractivity contribution < 1.29 is 29.0 Å². The van der Waals surface area contributed by atoms with Crippen LogP contribution in [0, 0.1) is 0 Å². The largest absolute Gasteiger partial charge is 0.445 e. The SMILES string of the molecule is C[C@H]1CN(C(=O)OCc2ccccc2)CCN1CCCN(C)CCCN1CCN(c2ccc3c(c2)C(=O)N(C2CCC(=O)NC2=O)C3O)CC1. The van der Waals surface area contributed by atoms with Gasteiger partial charge in [0, 0.05) is 75.1 Å². The number of ether oxygens (including phenoxy) is 1. The molecule has 0 saturated carbocycles. The lowest BCUT2D eigenvalue weighted by molar-refractivity contribution is -0.139. The third kappa shape index (κ3) is 8.45. The van der Waals surface area contributed by atoms with E-state index in [2.05, 4.69) is 38.9 Å². The van der Waals surface area contributed by atoms with E-state index < -0.39 is 18.2 Å². The zero-order chi connectivity index (χ0) is 35.2. The number of aliphatic hydroxyl groups is 1. The Labute approximate surface area is 294 Å². The van der Waals surface area contributed by atoms with Gasteiger partial charge in [0.05, 0.1) is 0 Å². The first-order valence-electron chi connectivity index (χ1n) is 18.0. The second-order valence-electron chi connectivity index (χ2n) is 14.0. The third-order valence-electron chi connectivity index (χ3n) is 10.6. The fourth-order valence-corrected chi connectivity index (χ4v) is 7.56. The summed E-state index contributed by atoms with van der Waals surface area (Å²) >= 11 is 0. The molecule has 3 atom stereocenters. The first-order valence-corrected chi connectivity index (χ1v) is 18.0. The van der Waals surface area contributed by atoms with Crippen molar-refractivity contribution in [1.29, 1.82) is 0 Å². The second-order valence-corrected chi connectivity index (χ2v) is 14.0. The van der Waals surface area contributed by atoms with Gasteiger partial charge in [0.15, 0.2) is 6.23 Å². The van der Waals surface area contributed by atoms with Crippen LogP contribution >= 0.6 is 0 Å². The highest BCUT2D eigenvalue weighted by atomic mass is 16.6. The van der Waals surface area contributed by atoms with Crippen molar-refractivity contribution >= 4 is 29.5 Å². The molecular formula is C37H51N7O6. The van der Waals surface area contributed by atoms with Gasteiger partial charge in [-0.1, -0.05) is 36.4 Å². The van der Waals surface area contributed by atoms with Crippen molar-refractivity contribution in [1.82, 2.24) is 29.8 Å². The zero-order valence-electron chi connectivity index (χ0n) is 29.3. The van der Waals surface area contributed by atoms with E-state index >= 15 is 0 Å². The number of hydrogen-bond donors (Lipinski definition) is 2. The number of nitrogens with zero attached hydrogens (tertiary/aromatic N) is 6. The Balaban J connectivity index is 0.858. The molecule has 0 aliphatic carbocycles. The Morgan fingerprint density at radius 2 is 1.70 bits per heavy atom. The highest BCUT2D eigenvalue weighted by Crippen LogP contribution is 2.37. The number of anilines is 1. The van der Waals surface area contributed by atoms with E-state index in [1.807, 2.05) is 47.4 Å². The summed E-state index contributed by atoms with van der Waals surface area (Å²) in [5.41, 5.74) is 2.85. The number of fused-ring (bicyclic) bond motifs is 1. The number of aliphatic hydroxyl groups excluding tert-OH is 1. The van der Waals surface area contributed by atoms with Gasteiger partial charge < -0.3 is 24.5 Å². The highest BCUT2D eigenvalue weighted by Gasteiger charge is 2.44. The first-order chi connectivity index (χ1) is 24.2. The van der Waals surface area contributed by atoms with Gasteiger partial charge >= 0.3 is 6.09 Å².